The van der Waals surface area contributed by atoms with E-state index in [9.17, 15) is 9.18 Å². The Morgan fingerprint density at radius 2 is 2.11 bits per heavy atom. The number of hydrogen-bond donors (Lipinski definition) is 1. The van der Waals surface area contributed by atoms with E-state index in [1.54, 1.807) is 6.33 Å². The summed E-state index contributed by atoms with van der Waals surface area (Å²) in [5.74, 6) is -0.104. The fraction of sp³-hybridized carbons (Fsp3) is 0.423. The average Bonchev–Trinajstić information content (AvgIpc) is 3.51. The number of fused-ring (bicyclic) bond motifs is 2. The zero-order valence-corrected chi connectivity index (χ0v) is 22.2. The fourth-order valence-corrected chi connectivity index (χ4v) is 4.78. The minimum Gasteiger partial charge on any atom is -0.493 e. The second-order valence-corrected chi connectivity index (χ2v) is 10.9. The second-order valence-electron chi connectivity index (χ2n) is 10.1. The van der Waals surface area contributed by atoms with Crippen molar-refractivity contribution in [2.24, 2.45) is 4.99 Å². The van der Waals surface area contributed by atoms with Gasteiger partial charge in [0, 0.05) is 36.1 Å². The summed E-state index contributed by atoms with van der Waals surface area (Å²) >= 11 is 12.0. The van der Waals surface area contributed by atoms with Crippen molar-refractivity contribution in [3.63, 3.8) is 0 Å². The summed E-state index contributed by atoms with van der Waals surface area (Å²) in [4.78, 5) is 21.3. The Labute approximate surface area is 223 Å². The summed E-state index contributed by atoms with van der Waals surface area (Å²) in [6.45, 7) is 7.40. The van der Waals surface area contributed by atoms with Gasteiger partial charge in [0.25, 0.3) is 0 Å². The number of aromatic nitrogens is 2. The van der Waals surface area contributed by atoms with Gasteiger partial charge in [-0.3, -0.25) is 0 Å². The standard InChI is InChI=1S/C26H27Cl2FN4O4/c1-26(2,3)37-25(34)30-10-14-11-36-21-9-20-17(8-16(14)21)24(31-13-33(20)15-6-7-35-12-15)32-19-5-4-18(27)22(28)23(19)29/h4-5,8-9,13-15H,6-7,10-12H2,1-3H3,(H,30,34)/t14?,15-/m0/s1. The molecular formula is C26H27Cl2FN4O4. The average molecular weight is 549 g/mol. The molecule has 196 valence electrons. The molecule has 2 aliphatic heterocycles. The third-order valence-corrected chi connectivity index (χ3v) is 7.04. The van der Waals surface area contributed by atoms with Crippen molar-refractivity contribution in [3.05, 3.63) is 57.5 Å². The van der Waals surface area contributed by atoms with Crippen LogP contribution in [-0.4, -0.2) is 47.6 Å². The van der Waals surface area contributed by atoms with E-state index in [1.807, 2.05) is 37.5 Å². The molecule has 0 saturated carbocycles. The smallest absolute Gasteiger partial charge is 0.407 e. The van der Waals surface area contributed by atoms with E-state index in [2.05, 4.69) is 15.3 Å². The number of carbonyl (C=O) groups excluding carboxylic acids is 1. The maximum absolute atomic E-state index is 14.8. The molecular weight excluding hydrogens is 522 g/mol. The lowest BCUT2D eigenvalue weighted by atomic mass is 9.99. The normalized spacial score (nSPS) is 19.7. The molecule has 2 atom stereocenters. The molecule has 0 spiro atoms. The van der Waals surface area contributed by atoms with Gasteiger partial charge in [-0.25, -0.2) is 19.2 Å². The van der Waals surface area contributed by atoms with Crippen molar-refractivity contribution >= 4 is 45.9 Å². The van der Waals surface area contributed by atoms with Crippen molar-refractivity contribution in [1.82, 2.24) is 14.9 Å². The van der Waals surface area contributed by atoms with Gasteiger partial charge in [0.1, 0.15) is 17.0 Å². The Hall–Kier alpha value is -2.88. The van der Waals surface area contributed by atoms with Crippen LogP contribution in [0.25, 0.3) is 10.9 Å². The molecule has 2 aromatic carbocycles. The highest BCUT2D eigenvalue weighted by molar-refractivity contribution is 6.42. The predicted octanol–water partition coefficient (Wildman–Crippen LogP) is 5.68. The van der Waals surface area contributed by atoms with Crippen LogP contribution in [0.5, 0.6) is 5.75 Å². The minimum absolute atomic E-state index is 0.0324. The number of ether oxygens (including phenoxy) is 3. The van der Waals surface area contributed by atoms with Gasteiger partial charge in [-0.1, -0.05) is 23.2 Å². The molecule has 1 N–H and O–H groups in total. The van der Waals surface area contributed by atoms with Crippen LogP contribution in [0.4, 0.5) is 14.9 Å². The van der Waals surface area contributed by atoms with E-state index < -0.39 is 17.5 Å². The lowest BCUT2D eigenvalue weighted by Gasteiger charge is -2.20. The number of hydrogen-bond acceptors (Lipinski definition) is 6. The van der Waals surface area contributed by atoms with Crippen LogP contribution >= 0.6 is 23.2 Å². The van der Waals surface area contributed by atoms with Crippen molar-refractivity contribution in [3.8, 4) is 5.75 Å². The third-order valence-electron chi connectivity index (χ3n) is 6.26. The lowest BCUT2D eigenvalue weighted by Crippen LogP contribution is -2.35. The Morgan fingerprint density at radius 3 is 2.84 bits per heavy atom. The van der Waals surface area contributed by atoms with E-state index in [4.69, 9.17) is 37.4 Å². The molecule has 1 saturated heterocycles. The first-order chi connectivity index (χ1) is 17.6. The Balaban J connectivity index is 1.58. The van der Waals surface area contributed by atoms with Crippen LogP contribution in [0.2, 0.25) is 10.0 Å². The van der Waals surface area contributed by atoms with Gasteiger partial charge in [0.2, 0.25) is 0 Å². The number of alkyl carbamates (subject to hydrolysis) is 1. The summed E-state index contributed by atoms with van der Waals surface area (Å²) in [6.07, 6.45) is 2.05. The Kier molecular flexibility index (Phi) is 7.04. The summed E-state index contributed by atoms with van der Waals surface area (Å²) < 4.78 is 33.8. The molecule has 8 nitrogen and oxygen atoms in total. The number of nitrogens with zero attached hydrogens (tertiary/aromatic N) is 3. The van der Waals surface area contributed by atoms with Gasteiger partial charge in [-0.2, -0.15) is 0 Å². The summed E-state index contributed by atoms with van der Waals surface area (Å²) in [5.41, 5.74) is 1.51. The first kappa shape index (κ1) is 25.8. The molecule has 0 radical (unpaired) electrons. The number of nitrogens with one attached hydrogen (secondary N) is 1. The Bertz CT molecular complexity index is 1430. The third kappa shape index (κ3) is 5.39. The molecule has 37 heavy (non-hydrogen) atoms. The molecule has 2 aliphatic rings. The monoisotopic (exact) mass is 548 g/mol. The maximum Gasteiger partial charge on any atom is 0.407 e. The summed E-state index contributed by atoms with van der Waals surface area (Å²) in [5, 5.41) is 3.45. The quantitative estimate of drug-likeness (QED) is 0.424. The fourth-order valence-electron chi connectivity index (χ4n) is 4.48. The van der Waals surface area contributed by atoms with Crippen LogP contribution in [0.3, 0.4) is 0 Å². The molecule has 1 amide bonds. The lowest BCUT2D eigenvalue weighted by molar-refractivity contribution is 0.0523. The number of halogens is 3. The van der Waals surface area contributed by atoms with Gasteiger partial charge < -0.3 is 24.1 Å². The zero-order chi connectivity index (χ0) is 26.3. The van der Waals surface area contributed by atoms with E-state index in [-0.39, 0.29) is 27.7 Å². The molecule has 1 unspecified atom stereocenters. The summed E-state index contributed by atoms with van der Waals surface area (Å²) in [6, 6.07) is 6.97. The number of carbonyl (C=O) groups is 1. The molecule has 1 fully saturated rings. The number of amides is 1. The second kappa shape index (κ2) is 10.1. The van der Waals surface area contributed by atoms with E-state index >= 15 is 0 Å². The highest BCUT2D eigenvalue weighted by Crippen LogP contribution is 2.37. The molecule has 5 rings (SSSR count). The summed E-state index contributed by atoms with van der Waals surface area (Å²) in [7, 11) is 0. The van der Waals surface area contributed by atoms with Crippen molar-refractivity contribution in [2.75, 3.05) is 26.4 Å². The topological polar surface area (TPSA) is 87.0 Å². The van der Waals surface area contributed by atoms with Crippen LogP contribution in [0.15, 0.2) is 35.6 Å². The minimum atomic E-state index is -0.714. The maximum atomic E-state index is 14.8. The van der Waals surface area contributed by atoms with Crippen LogP contribution in [-0.2, 0) is 9.47 Å². The number of benzene rings is 2. The first-order valence-electron chi connectivity index (χ1n) is 12.0. The molecule has 0 aliphatic carbocycles. The van der Waals surface area contributed by atoms with Gasteiger partial charge >= 0.3 is 6.09 Å². The highest BCUT2D eigenvalue weighted by Gasteiger charge is 2.28. The molecule has 11 heteroatoms. The molecule has 1 aromatic heterocycles. The van der Waals surface area contributed by atoms with Crippen LogP contribution in [0.1, 0.15) is 44.7 Å². The molecule has 3 aromatic rings. The zero-order valence-electron chi connectivity index (χ0n) is 20.7. The van der Waals surface area contributed by atoms with Gasteiger partial charge in [0.15, 0.2) is 11.3 Å². The SMILES string of the molecule is CC(C)(C)OC(=O)NCC1COc2cc3c(cc21)c(=Nc1ccc(Cl)c(Cl)c1F)ncn3[C@H]1CCOC1. The Morgan fingerprint density at radius 1 is 1.30 bits per heavy atom. The highest BCUT2D eigenvalue weighted by atomic mass is 35.5. The van der Waals surface area contributed by atoms with Gasteiger partial charge in [0.05, 0.1) is 41.1 Å². The van der Waals surface area contributed by atoms with Crippen LogP contribution < -0.4 is 15.5 Å². The largest absolute Gasteiger partial charge is 0.493 e. The van der Waals surface area contributed by atoms with Gasteiger partial charge in [-0.15, -0.1) is 0 Å². The molecule has 0 bridgehead atoms. The van der Waals surface area contributed by atoms with E-state index in [0.717, 1.165) is 17.5 Å². The van der Waals surface area contributed by atoms with E-state index in [1.165, 1.54) is 12.1 Å². The predicted molar refractivity (Wildman–Crippen MR) is 138 cm³/mol. The van der Waals surface area contributed by atoms with Crippen molar-refractivity contribution in [1.29, 1.82) is 0 Å². The first-order valence-corrected chi connectivity index (χ1v) is 12.8. The van der Waals surface area contributed by atoms with Crippen molar-refractivity contribution in [2.45, 2.75) is 44.8 Å². The van der Waals surface area contributed by atoms with Gasteiger partial charge in [-0.05, 0) is 45.4 Å². The molecule has 3 heterocycles. The van der Waals surface area contributed by atoms with Crippen LogP contribution in [0, 0.1) is 5.82 Å². The van der Waals surface area contributed by atoms with Crippen molar-refractivity contribution < 1.29 is 23.4 Å². The number of rotatable bonds is 4. The van der Waals surface area contributed by atoms with E-state index in [0.29, 0.717) is 43.0 Å².